The van der Waals surface area contributed by atoms with Gasteiger partial charge in [-0.05, 0) is 25.5 Å². The lowest BCUT2D eigenvalue weighted by Gasteiger charge is -2.07. The van der Waals surface area contributed by atoms with E-state index in [-0.39, 0.29) is 6.03 Å². The molecule has 0 aliphatic heterocycles. The number of nitrogens with one attached hydrogen (secondary N) is 2. The van der Waals surface area contributed by atoms with Gasteiger partial charge < -0.3 is 15.1 Å². The minimum atomic E-state index is -0.225. The lowest BCUT2D eigenvalue weighted by atomic mass is 10.1. The van der Waals surface area contributed by atoms with Gasteiger partial charge in [0.15, 0.2) is 5.58 Å². The smallest absolute Gasteiger partial charge is 0.319 e. The van der Waals surface area contributed by atoms with Crippen molar-refractivity contribution < 1.29 is 9.21 Å². The number of furan rings is 1. The number of anilines is 1. The van der Waals surface area contributed by atoms with Gasteiger partial charge in [-0.15, -0.1) is 11.3 Å². The minimum Gasteiger partial charge on any atom is -0.459 e. The highest BCUT2D eigenvalue weighted by Crippen LogP contribution is 2.31. The topological polar surface area (TPSA) is 67.2 Å². The predicted molar refractivity (Wildman–Crippen MR) is 97.9 cm³/mol. The minimum absolute atomic E-state index is 0.225. The maximum atomic E-state index is 12.2. The normalized spacial score (nSPS) is 11.0. The Morgan fingerprint density at radius 3 is 2.88 bits per heavy atom. The van der Waals surface area contributed by atoms with Gasteiger partial charge in [-0.2, -0.15) is 0 Å². The van der Waals surface area contributed by atoms with Crippen LogP contribution >= 0.6 is 11.3 Å². The molecule has 0 aliphatic carbocycles. The van der Waals surface area contributed by atoms with Crippen molar-refractivity contribution in [2.75, 3.05) is 11.9 Å². The van der Waals surface area contributed by atoms with Crippen molar-refractivity contribution in [2.24, 2.45) is 0 Å². The number of carbonyl (C=O) groups excluding carboxylic acids is 1. The number of aromatic nitrogens is 1. The van der Waals surface area contributed by atoms with Crippen LogP contribution in [-0.4, -0.2) is 17.6 Å². The number of hydrogen-bond acceptors (Lipinski definition) is 4. The third-order valence-corrected chi connectivity index (χ3v) is 5.11. The summed E-state index contributed by atoms with van der Waals surface area (Å²) in [5.74, 6) is 0.959. The van der Waals surface area contributed by atoms with Crippen molar-refractivity contribution in [1.29, 1.82) is 0 Å². The second-order valence-electron chi connectivity index (χ2n) is 5.68. The van der Waals surface area contributed by atoms with Crippen LogP contribution in [0.3, 0.4) is 0 Å². The zero-order chi connectivity index (χ0) is 17.1. The highest BCUT2D eigenvalue weighted by atomic mass is 32.1. The van der Waals surface area contributed by atoms with Gasteiger partial charge in [-0.3, -0.25) is 0 Å². The Kier molecular flexibility index (Phi) is 4.85. The van der Waals surface area contributed by atoms with Crippen LogP contribution in [0.4, 0.5) is 10.5 Å². The molecule has 126 valence electrons. The third kappa shape index (κ3) is 3.28. The van der Waals surface area contributed by atoms with E-state index in [2.05, 4.69) is 22.5 Å². The van der Waals surface area contributed by atoms with Gasteiger partial charge in [0, 0.05) is 29.6 Å². The van der Waals surface area contributed by atoms with Crippen LogP contribution in [0.25, 0.3) is 11.0 Å². The van der Waals surface area contributed by atoms with Gasteiger partial charge in [0.05, 0.1) is 16.9 Å². The molecule has 2 aromatic heterocycles. The van der Waals surface area contributed by atoms with Gasteiger partial charge >= 0.3 is 6.03 Å². The van der Waals surface area contributed by atoms with Gasteiger partial charge in [0.1, 0.15) is 5.76 Å². The van der Waals surface area contributed by atoms with E-state index in [1.54, 1.807) is 11.3 Å². The Hall–Kier alpha value is -2.34. The first kappa shape index (κ1) is 16.5. The van der Waals surface area contributed by atoms with Crippen LogP contribution in [0.2, 0.25) is 0 Å². The number of thiazole rings is 1. The van der Waals surface area contributed by atoms with Gasteiger partial charge in [0.25, 0.3) is 0 Å². The van der Waals surface area contributed by atoms with E-state index in [1.807, 2.05) is 37.6 Å². The fourth-order valence-corrected chi connectivity index (χ4v) is 3.53. The van der Waals surface area contributed by atoms with E-state index in [9.17, 15) is 4.79 Å². The summed E-state index contributed by atoms with van der Waals surface area (Å²) in [5, 5.41) is 6.82. The molecule has 3 rings (SSSR count). The molecule has 24 heavy (non-hydrogen) atoms. The molecule has 0 saturated carbocycles. The Morgan fingerprint density at radius 1 is 1.33 bits per heavy atom. The van der Waals surface area contributed by atoms with Crippen LogP contribution < -0.4 is 10.6 Å². The second-order valence-corrected chi connectivity index (χ2v) is 6.62. The summed E-state index contributed by atoms with van der Waals surface area (Å²) >= 11 is 1.62. The fourth-order valence-electron chi connectivity index (χ4n) is 2.75. The zero-order valence-corrected chi connectivity index (χ0v) is 14.9. The maximum absolute atomic E-state index is 12.2. The van der Waals surface area contributed by atoms with Crippen molar-refractivity contribution in [2.45, 2.75) is 33.6 Å². The molecule has 0 spiro atoms. The maximum Gasteiger partial charge on any atom is 0.319 e. The number of rotatable bonds is 5. The molecule has 0 aliphatic rings. The second kappa shape index (κ2) is 7.05. The Balaban J connectivity index is 1.66. The van der Waals surface area contributed by atoms with E-state index < -0.39 is 0 Å². The lowest BCUT2D eigenvalue weighted by Crippen LogP contribution is -2.30. The first-order valence-corrected chi connectivity index (χ1v) is 8.93. The molecule has 3 aromatic rings. The van der Waals surface area contributed by atoms with Gasteiger partial charge in [-0.1, -0.05) is 19.1 Å². The monoisotopic (exact) mass is 343 g/mol. The summed E-state index contributed by atoms with van der Waals surface area (Å²) in [6, 6.07) is 5.58. The summed E-state index contributed by atoms with van der Waals surface area (Å²) in [5.41, 5.74) is 5.43. The van der Waals surface area contributed by atoms with Crippen LogP contribution in [0.5, 0.6) is 0 Å². The Morgan fingerprint density at radius 2 is 2.17 bits per heavy atom. The summed E-state index contributed by atoms with van der Waals surface area (Å²) in [6.45, 7) is 6.66. The molecule has 2 amide bonds. The number of para-hydroxylation sites is 1. The predicted octanol–water partition coefficient (Wildman–Crippen LogP) is 4.43. The molecular formula is C18H21N3O2S. The molecule has 0 saturated heterocycles. The van der Waals surface area contributed by atoms with E-state index in [0.29, 0.717) is 12.2 Å². The number of hydrogen-bond donors (Lipinski definition) is 2. The number of aryl methyl sites for hydroxylation is 3. The van der Waals surface area contributed by atoms with Crippen molar-refractivity contribution >= 4 is 34.0 Å². The Labute approximate surface area is 145 Å². The van der Waals surface area contributed by atoms with Gasteiger partial charge in [0.2, 0.25) is 0 Å². The highest BCUT2D eigenvalue weighted by Gasteiger charge is 2.13. The average molecular weight is 343 g/mol. The van der Waals surface area contributed by atoms with E-state index in [1.165, 1.54) is 4.88 Å². The number of nitrogens with zero attached hydrogens (tertiary/aromatic N) is 1. The van der Waals surface area contributed by atoms with Crippen molar-refractivity contribution in [3.8, 4) is 0 Å². The average Bonchev–Trinajstić information content (AvgIpc) is 3.12. The SMILES string of the molecule is CCc1oc2c(NC(=O)NCCc3scnc3C)cccc2c1C. The summed E-state index contributed by atoms with van der Waals surface area (Å²) in [6.07, 6.45) is 1.62. The van der Waals surface area contributed by atoms with Crippen LogP contribution in [-0.2, 0) is 12.8 Å². The summed E-state index contributed by atoms with van der Waals surface area (Å²) in [4.78, 5) is 17.6. The molecule has 0 radical (unpaired) electrons. The highest BCUT2D eigenvalue weighted by molar-refractivity contribution is 7.09. The first-order valence-electron chi connectivity index (χ1n) is 8.05. The van der Waals surface area contributed by atoms with Crippen LogP contribution in [0, 0.1) is 13.8 Å². The molecule has 2 heterocycles. The van der Waals surface area contributed by atoms with Crippen molar-refractivity contribution in [3.05, 3.63) is 45.6 Å². The number of amides is 2. The number of fused-ring (bicyclic) bond motifs is 1. The molecule has 1 aromatic carbocycles. The number of carbonyl (C=O) groups is 1. The molecular weight excluding hydrogens is 322 g/mol. The lowest BCUT2D eigenvalue weighted by molar-refractivity contribution is 0.252. The van der Waals surface area contributed by atoms with Crippen molar-refractivity contribution in [1.82, 2.24) is 10.3 Å². The van der Waals surface area contributed by atoms with Gasteiger partial charge in [-0.25, -0.2) is 9.78 Å². The first-order chi connectivity index (χ1) is 11.6. The summed E-state index contributed by atoms with van der Waals surface area (Å²) in [7, 11) is 0. The molecule has 0 fully saturated rings. The number of benzene rings is 1. The van der Waals surface area contributed by atoms with Crippen molar-refractivity contribution in [3.63, 3.8) is 0 Å². The molecule has 5 nitrogen and oxygen atoms in total. The quantitative estimate of drug-likeness (QED) is 0.720. The standard InChI is InChI=1S/C18H21N3O2S/c1-4-15-11(2)13-6-5-7-14(17(13)23-15)21-18(22)19-9-8-16-12(3)20-10-24-16/h5-7,10H,4,8-9H2,1-3H3,(H2,19,21,22). The largest absolute Gasteiger partial charge is 0.459 e. The third-order valence-electron chi connectivity index (χ3n) is 4.11. The zero-order valence-electron chi connectivity index (χ0n) is 14.1. The van der Waals surface area contributed by atoms with E-state index >= 15 is 0 Å². The van der Waals surface area contributed by atoms with Crippen LogP contribution in [0.1, 0.15) is 28.8 Å². The van der Waals surface area contributed by atoms with E-state index in [0.717, 1.165) is 40.8 Å². The van der Waals surface area contributed by atoms with Crippen LogP contribution in [0.15, 0.2) is 28.1 Å². The fraction of sp³-hybridized carbons (Fsp3) is 0.333. The number of urea groups is 1. The molecule has 0 bridgehead atoms. The molecule has 2 N–H and O–H groups in total. The van der Waals surface area contributed by atoms with E-state index in [4.69, 9.17) is 4.42 Å². The summed E-state index contributed by atoms with van der Waals surface area (Å²) < 4.78 is 5.91. The molecule has 6 heteroatoms. The molecule has 0 unspecified atom stereocenters. The Bertz CT molecular complexity index is 866. The molecule has 0 atom stereocenters.